The maximum absolute atomic E-state index is 12.6. The van der Waals surface area contributed by atoms with E-state index in [0.717, 1.165) is 81.8 Å². The number of benzene rings is 6. The largest absolute Gasteiger partial charge is 0.478 e. The van der Waals surface area contributed by atoms with E-state index < -0.39 is 11.9 Å². The molecule has 6 aromatic carbocycles. The number of carboxylic acid groups (broad SMARTS) is 2. The Morgan fingerprint density at radius 2 is 0.783 bits per heavy atom. The summed E-state index contributed by atoms with van der Waals surface area (Å²) in [4.78, 5) is 38.3. The lowest BCUT2D eigenvalue weighted by molar-refractivity contribution is -0.134. The highest BCUT2D eigenvalue weighted by molar-refractivity contribution is 6.31. The molecule has 6 atom stereocenters. The molecule has 0 bridgehead atoms. The third-order valence-corrected chi connectivity index (χ3v) is 14.3. The second kappa shape index (κ2) is 20.3. The Hall–Kier alpha value is -6.34. The predicted molar refractivity (Wildman–Crippen MR) is 267 cm³/mol. The summed E-state index contributed by atoms with van der Waals surface area (Å²) in [7, 11) is 6.22. The minimum atomic E-state index is -1.26. The quantitative estimate of drug-likeness (QED) is 0.162. The summed E-state index contributed by atoms with van der Waals surface area (Å²) in [6, 6.07) is 42.1. The summed E-state index contributed by atoms with van der Waals surface area (Å²) in [6.45, 7) is 4.92. The first-order valence-corrected chi connectivity index (χ1v) is 23.8. The monoisotopic (exact) mass is 985 g/mol. The van der Waals surface area contributed by atoms with Gasteiger partial charge in [-0.1, -0.05) is 89.4 Å². The number of carbonyl (C=O) groups excluding carboxylic acids is 1. The van der Waals surface area contributed by atoms with Gasteiger partial charge in [0.15, 0.2) is 0 Å². The Bertz CT molecular complexity index is 2830. The van der Waals surface area contributed by atoms with Crippen molar-refractivity contribution in [1.82, 2.24) is 14.7 Å². The van der Waals surface area contributed by atoms with Gasteiger partial charge in [0.2, 0.25) is 5.91 Å². The zero-order valence-electron chi connectivity index (χ0n) is 38.1. The topological polar surface area (TPSA) is 129 Å². The summed E-state index contributed by atoms with van der Waals surface area (Å²) in [5, 5.41) is 17.9. The summed E-state index contributed by atoms with van der Waals surface area (Å²) in [5.74, 6) is 4.82. The molecular formula is C55H50Cl3N3O8. The average molecular weight is 987 g/mol. The van der Waals surface area contributed by atoms with Gasteiger partial charge in [0.1, 0.15) is 34.5 Å². The molecule has 69 heavy (non-hydrogen) atoms. The number of halogens is 3. The molecule has 6 aromatic rings. The molecule has 354 valence electrons. The van der Waals surface area contributed by atoms with E-state index in [4.69, 9.17) is 59.2 Å². The number of carboxylic acids is 2. The summed E-state index contributed by atoms with van der Waals surface area (Å²) >= 11 is 18.5. The number of likely N-dealkylation sites (tertiary alicyclic amines) is 3. The number of carbonyl (C=O) groups is 3. The van der Waals surface area contributed by atoms with Crippen LogP contribution in [0.3, 0.4) is 0 Å². The first-order chi connectivity index (χ1) is 33.2. The van der Waals surface area contributed by atoms with Gasteiger partial charge in [-0.25, -0.2) is 9.59 Å². The van der Waals surface area contributed by atoms with Crippen molar-refractivity contribution in [3.05, 3.63) is 188 Å². The van der Waals surface area contributed by atoms with Crippen LogP contribution in [0.25, 0.3) is 0 Å². The van der Waals surface area contributed by atoms with Gasteiger partial charge in [0, 0.05) is 119 Å². The number of amides is 1. The maximum Gasteiger partial charge on any atom is 0.328 e. The van der Waals surface area contributed by atoms with Gasteiger partial charge in [-0.3, -0.25) is 4.79 Å². The SMILES string of the molecule is CN1C[C@@H]2c3cc(Cl)ccc3Oc3ccccc3[C@H]2C1=O.CN1C[C@H]2c3ccccc3Oc3ccc(Cl)cc3[C@@H]2C1.CN1C[C@H]2c3ccccc3Oc3ccc(Cl)cc3[C@@H]2C1.O=C(O)/C=C\C(=O)O. The third-order valence-electron chi connectivity index (χ3n) is 13.6. The molecule has 6 aliphatic heterocycles. The number of nitrogens with zero attached hydrogens (tertiary/aromatic N) is 3. The molecule has 0 aliphatic carbocycles. The molecule has 3 fully saturated rings. The normalized spacial score (nSPS) is 22.2. The molecule has 0 spiro atoms. The van der Waals surface area contributed by atoms with Gasteiger partial charge < -0.3 is 39.1 Å². The van der Waals surface area contributed by atoms with E-state index in [1.165, 1.54) is 22.3 Å². The molecule has 0 unspecified atom stereocenters. The molecule has 6 aliphatic rings. The Labute approximate surface area is 416 Å². The Morgan fingerprint density at radius 3 is 1.17 bits per heavy atom. The van der Waals surface area contributed by atoms with Crippen LogP contribution < -0.4 is 14.2 Å². The van der Waals surface area contributed by atoms with Crippen LogP contribution >= 0.6 is 34.8 Å². The van der Waals surface area contributed by atoms with Crippen molar-refractivity contribution in [3.8, 4) is 34.5 Å². The van der Waals surface area contributed by atoms with E-state index in [0.29, 0.717) is 47.4 Å². The van der Waals surface area contributed by atoms with Crippen LogP contribution in [-0.2, 0) is 14.4 Å². The second-order valence-corrected chi connectivity index (χ2v) is 19.5. The van der Waals surface area contributed by atoms with Gasteiger partial charge in [0.05, 0.1) is 5.92 Å². The molecule has 6 heterocycles. The van der Waals surface area contributed by atoms with E-state index in [9.17, 15) is 14.4 Å². The minimum absolute atomic E-state index is 0.0832. The number of hydrogen-bond donors (Lipinski definition) is 2. The third kappa shape index (κ3) is 10.2. The predicted octanol–water partition coefficient (Wildman–Crippen LogP) is 12.0. The Balaban J connectivity index is 0.000000120. The highest BCUT2D eigenvalue weighted by atomic mass is 35.5. The second-order valence-electron chi connectivity index (χ2n) is 18.1. The first-order valence-electron chi connectivity index (χ1n) is 22.7. The van der Waals surface area contributed by atoms with Crippen molar-refractivity contribution in [3.63, 3.8) is 0 Å². The Kier molecular flexibility index (Phi) is 14.1. The van der Waals surface area contributed by atoms with Gasteiger partial charge >= 0.3 is 11.9 Å². The number of ether oxygens (including phenoxy) is 3. The van der Waals surface area contributed by atoms with Crippen molar-refractivity contribution in [2.45, 2.75) is 35.5 Å². The van der Waals surface area contributed by atoms with Gasteiger partial charge in [0.25, 0.3) is 0 Å². The standard InChI is InChI=1S/C17H14ClNO2.2C17H16ClNO.C4H4O4/c1-19-9-13-12-8-10(18)6-7-15(12)21-14-5-3-2-4-11(14)16(13)17(19)20;2*1-19-9-14-12-4-2-3-5-16(12)20-17-7-6-11(18)8-13(17)15(14)10-19;5-3(6)1-2-4(7)8/h2-8,13,16H,9H2,1H3;2*2-8,14-15H,9-10H2,1H3;1-2H,(H,5,6)(H,7,8)/b;;;2-1-/t13-,16-;2*14-,15-;/m100./s1. The minimum Gasteiger partial charge on any atom is -0.478 e. The molecule has 11 nitrogen and oxygen atoms in total. The van der Waals surface area contributed by atoms with Crippen LogP contribution in [0.1, 0.15) is 68.9 Å². The lowest BCUT2D eigenvalue weighted by Crippen LogP contribution is -2.21. The fourth-order valence-corrected chi connectivity index (χ4v) is 11.1. The molecule has 2 N–H and O–H groups in total. The lowest BCUT2D eigenvalue weighted by atomic mass is 9.84. The Morgan fingerprint density at radius 1 is 0.464 bits per heavy atom. The zero-order chi connectivity index (χ0) is 48.5. The highest BCUT2D eigenvalue weighted by Gasteiger charge is 2.45. The fraction of sp³-hybridized carbons (Fsp3) is 0.255. The molecular weight excluding hydrogens is 937 g/mol. The number of rotatable bonds is 2. The average Bonchev–Trinajstić information content (AvgIpc) is 3.93. The summed E-state index contributed by atoms with van der Waals surface area (Å²) < 4.78 is 18.4. The van der Waals surface area contributed by atoms with Crippen molar-refractivity contribution in [1.29, 1.82) is 0 Å². The number of aliphatic carboxylic acids is 2. The highest BCUT2D eigenvalue weighted by Crippen LogP contribution is 2.53. The van der Waals surface area contributed by atoms with E-state index in [1.807, 2.05) is 85.9 Å². The van der Waals surface area contributed by atoms with Crippen LogP contribution in [0.5, 0.6) is 34.5 Å². The molecule has 3 saturated heterocycles. The van der Waals surface area contributed by atoms with Crippen molar-refractivity contribution in [2.75, 3.05) is 53.9 Å². The van der Waals surface area contributed by atoms with E-state index in [1.54, 1.807) is 4.90 Å². The number of fused-ring (bicyclic) bond motifs is 15. The molecule has 0 radical (unpaired) electrons. The van der Waals surface area contributed by atoms with Crippen LogP contribution in [-0.4, -0.2) is 96.6 Å². The molecule has 0 saturated carbocycles. The van der Waals surface area contributed by atoms with Crippen LogP contribution in [0, 0.1) is 0 Å². The van der Waals surface area contributed by atoms with Gasteiger partial charge in [-0.2, -0.15) is 0 Å². The molecule has 1 amide bonds. The maximum atomic E-state index is 12.6. The summed E-state index contributed by atoms with van der Waals surface area (Å²) in [6.07, 6.45) is 1.12. The number of para-hydroxylation sites is 3. The van der Waals surface area contributed by atoms with E-state index >= 15 is 0 Å². The van der Waals surface area contributed by atoms with Crippen molar-refractivity contribution >= 4 is 52.6 Å². The van der Waals surface area contributed by atoms with Crippen LogP contribution in [0.4, 0.5) is 0 Å². The lowest BCUT2D eigenvalue weighted by Gasteiger charge is -2.17. The van der Waals surface area contributed by atoms with Gasteiger partial charge in [-0.05, 0) is 98.0 Å². The van der Waals surface area contributed by atoms with E-state index in [-0.39, 0.29) is 17.7 Å². The molecule has 14 heteroatoms. The zero-order valence-corrected chi connectivity index (χ0v) is 40.4. The van der Waals surface area contributed by atoms with Crippen molar-refractivity contribution < 1.29 is 38.8 Å². The summed E-state index contributed by atoms with van der Waals surface area (Å²) in [5.41, 5.74) is 7.08. The fourth-order valence-electron chi connectivity index (χ4n) is 10.6. The molecule has 12 rings (SSSR count). The van der Waals surface area contributed by atoms with Gasteiger partial charge in [-0.15, -0.1) is 0 Å². The van der Waals surface area contributed by atoms with Crippen LogP contribution in [0.2, 0.25) is 15.1 Å². The van der Waals surface area contributed by atoms with Crippen molar-refractivity contribution in [2.24, 2.45) is 0 Å². The van der Waals surface area contributed by atoms with Crippen LogP contribution in [0.15, 0.2) is 140 Å². The number of hydrogen-bond acceptors (Lipinski definition) is 8. The molecule has 0 aromatic heterocycles. The number of likely N-dealkylation sites (N-methyl/N-ethyl adjacent to an activating group) is 3. The first kappa shape index (κ1) is 47.7. The van der Waals surface area contributed by atoms with E-state index in [2.05, 4.69) is 72.4 Å². The smallest absolute Gasteiger partial charge is 0.328 e.